The molecule has 0 bridgehead atoms. The van der Waals surface area contributed by atoms with Gasteiger partial charge < -0.3 is 8.98 Å². The Labute approximate surface area is 184 Å². The van der Waals surface area contributed by atoms with Crippen molar-refractivity contribution in [1.82, 2.24) is 9.55 Å². The summed E-state index contributed by atoms with van der Waals surface area (Å²) in [6.45, 7) is 0. The fourth-order valence-corrected chi connectivity index (χ4v) is 4.88. The number of fused-ring (bicyclic) bond motifs is 6. The first-order chi connectivity index (χ1) is 15.9. The van der Waals surface area contributed by atoms with Crippen LogP contribution < -0.4 is 0 Å². The zero-order valence-electron chi connectivity index (χ0n) is 17.2. The monoisotopic (exact) mass is 410 g/mol. The number of furan rings is 1. The Hall–Kier alpha value is -4.37. The highest BCUT2D eigenvalue weighted by molar-refractivity contribution is 6.10. The van der Waals surface area contributed by atoms with Crippen LogP contribution in [-0.4, -0.2) is 9.55 Å². The van der Waals surface area contributed by atoms with Gasteiger partial charge >= 0.3 is 0 Å². The lowest BCUT2D eigenvalue weighted by molar-refractivity contribution is 0.670. The third kappa shape index (κ3) is 2.39. The maximum Gasteiger partial charge on any atom is 0.143 e. The summed E-state index contributed by atoms with van der Waals surface area (Å²) in [5, 5.41) is 4.73. The number of nitrogens with zero attached hydrogens (tertiary/aromatic N) is 2. The molecule has 150 valence electrons. The Kier molecular flexibility index (Phi) is 3.55. The van der Waals surface area contributed by atoms with Crippen molar-refractivity contribution in [3.05, 3.63) is 109 Å². The number of hydrogen-bond donors (Lipinski definition) is 0. The van der Waals surface area contributed by atoms with Gasteiger partial charge in [0.15, 0.2) is 0 Å². The zero-order valence-corrected chi connectivity index (χ0v) is 17.2. The average molecular weight is 410 g/mol. The molecule has 0 atom stereocenters. The van der Waals surface area contributed by atoms with Crippen molar-refractivity contribution in [1.29, 1.82) is 0 Å². The maximum atomic E-state index is 6.29. The molecular formula is C29H18N2O. The maximum absolute atomic E-state index is 6.29. The summed E-state index contributed by atoms with van der Waals surface area (Å²) in [4.78, 5) is 4.40. The minimum Gasteiger partial charge on any atom is -0.455 e. The van der Waals surface area contributed by atoms with E-state index in [1.165, 1.54) is 16.3 Å². The Morgan fingerprint density at radius 1 is 0.625 bits per heavy atom. The summed E-state index contributed by atoms with van der Waals surface area (Å²) in [6.07, 6.45) is 3.81. The fraction of sp³-hybridized carbons (Fsp3) is 0. The summed E-state index contributed by atoms with van der Waals surface area (Å²) in [5.74, 6) is 0. The number of aromatic nitrogens is 2. The van der Waals surface area contributed by atoms with Crippen molar-refractivity contribution in [2.45, 2.75) is 0 Å². The van der Waals surface area contributed by atoms with Gasteiger partial charge in [-0.05, 0) is 35.9 Å². The Morgan fingerprint density at radius 3 is 2.38 bits per heavy atom. The molecular weight excluding hydrogens is 392 g/mol. The van der Waals surface area contributed by atoms with Gasteiger partial charge in [-0.2, -0.15) is 0 Å². The van der Waals surface area contributed by atoms with Gasteiger partial charge in [-0.25, -0.2) is 0 Å². The molecule has 0 unspecified atom stereocenters. The first-order valence-corrected chi connectivity index (χ1v) is 10.7. The van der Waals surface area contributed by atoms with Gasteiger partial charge in [0.1, 0.15) is 11.2 Å². The van der Waals surface area contributed by atoms with Crippen molar-refractivity contribution in [3.8, 4) is 16.8 Å². The summed E-state index contributed by atoms with van der Waals surface area (Å²) in [7, 11) is 0. The van der Waals surface area contributed by atoms with Gasteiger partial charge in [-0.15, -0.1) is 0 Å². The number of pyridine rings is 1. The SMILES string of the molecule is c1cc(-c2cccc3c2oc2ccccc23)cc(-n2c3ccccc3c3ccncc32)c1. The van der Waals surface area contributed by atoms with E-state index in [1.54, 1.807) is 0 Å². The molecule has 3 nitrogen and oxygen atoms in total. The molecule has 0 saturated carbocycles. The van der Waals surface area contributed by atoms with E-state index in [1.807, 2.05) is 24.5 Å². The van der Waals surface area contributed by atoms with Gasteiger partial charge in [0.05, 0.1) is 17.2 Å². The molecule has 3 aromatic heterocycles. The molecule has 0 aliphatic rings. The molecule has 0 aliphatic heterocycles. The van der Waals surface area contributed by atoms with Crippen LogP contribution in [0.25, 0.3) is 60.6 Å². The van der Waals surface area contributed by atoms with E-state index < -0.39 is 0 Å². The van der Waals surface area contributed by atoms with Gasteiger partial charge in [-0.1, -0.05) is 66.7 Å². The van der Waals surface area contributed by atoms with Gasteiger partial charge in [-0.3, -0.25) is 4.98 Å². The highest BCUT2D eigenvalue weighted by atomic mass is 16.3. The van der Waals surface area contributed by atoms with Crippen LogP contribution in [0.2, 0.25) is 0 Å². The Balaban J connectivity index is 1.50. The minimum atomic E-state index is 0.916. The van der Waals surface area contributed by atoms with Crippen LogP contribution in [0.1, 0.15) is 0 Å². The van der Waals surface area contributed by atoms with Gasteiger partial charge in [0.25, 0.3) is 0 Å². The molecule has 0 fully saturated rings. The second kappa shape index (κ2) is 6.56. The first-order valence-electron chi connectivity index (χ1n) is 10.7. The summed E-state index contributed by atoms with van der Waals surface area (Å²) in [6, 6.07) is 33.9. The van der Waals surface area contributed by atoms with E-state index in [-0.39, 0.29) is 0 Å². The largest absolute Gasteiger partial charge is 0.455 e. The second-order valence-electron chi connectivity index (χ2n) is 8.08. The molecule has 0 amide bonds. The van der Waals surface area contributed by atoms with E-state index in [0.29, 0.717) is 0 Å². The van der Waals surface area contributed by atoms with Crippen LogP contribution in [0.3, 0.4) is 0 Å². The Morgan fingerprint density at radius 2 is 1.41 bits per heavy atom. The molecule has 0 radical (unpaired) electrons. The molecule has 7 aromatic rings. The van der Waals surface area contributed by atoms with Crippen LogP contribution in [0.15, 0.2) is 114 Å². The quantitative estimate of drug-likeness (QED) is 0.292. The normalized spacial score (nSPS) is 11.8. The predicted octanol–water partition coefficient (Wildman–Crippen LogP) is 7.75. The van der Waals surface area contributed by atoms with Crippen molar-refractivity contribution in [3.63, 3.8) is 0 Å². The summed E-state index contributed by atoms with van der Waals surface area (Å²) < 4.78 is 8.58. The second-order valence-corrected chi connectivity index (χ2v) is 8.08. The van der Waals surface area contributed by atoms with Crippen LogP contribution in [0, 0.1) is 0 Å². The predicted molar refractivity (Wildman–Crippen MR) is 131 cm³/mol. The lowest BCUT2D eigenvalue weighted by Gasteiger charge is -2.10. The smallest absolute Gasteiger partial charge is 0.143 e. The Bertz CT molecular complexity index is 1730. The van der Waals surface area contributed by atoms with E-state index in [2.05, 4.69) is 94.5 Å². The summed E-state index contributed by atoms with van der Waals surface area (Å²) >= 11 is 0. The lowest BCUT2D eigenvalue weighted by atomic mass is 10.0. The molecule has 0 N–H and O–H groups in total. The fourth-order valence-electron chi connectivity index (χ4n) is 4.88. The van der Waals surface area contributed by atoms with E-state index in [9.17, 15) is 0 Å². The van der Waals surface area contributed by atoms with Crippen LogP contribution >= 0.6 is 0 Å². The van der Waals surface area contributed by atoms with E-state index in [0.717, 1.165) is 44.3 Å². The number of benzene rings is 4. The minimum absolute atomic E-state index is 0.916. The molecule has 0 spiro atoms. The zero-order chi connectivity index (χ0) is 21.1. The molecule has 3 heteroatoms. The average Bonchev–Trinajstić information content (AvgIpc) is 3.40. The first kappa shape index (κ1) is 17.3. The topological polar surface area (TPSA) is 31.0 Å². The van der Waals surface area contributed by atoms with Crippen LogP contribution in [0.4, 0.5) is 0 Å². The highest BCUT2D eigenvalue weighted by Gasteiger charge is 2.15. The molecule has 0 aliphatic carbocycles. The molecule has 4 aromatic carbocycles. The summed E-state index contributed by atoms with van der Waals surface area (Å²) in [5.41, 5.74) is 7.45. The van der Waals surface area contributed by atoms with E-state index >= 15 is 0 Å². The number of para-hydroxylation sites is 3. The molecule has 7 rings (SSSR count). The van der Waals surface area contributed by atoms with Crippen LogP contribution in [-0.2, 0) is 0 Å². The van der Waals surface area contributed by atoms with Crippen molar-refractivity contribution < 1.29 is 4.42 Å². The van der Waals surface area contributed by atoms with Gasteiger partial charge in [0, 0.05) is 39.0 Å². The number of hydrogen-bond acceptors (Lipinski definition) is 2. The molecule has 3 heterocycles. The third-order valence-electron chi connectivity index (χ3n) is 6.30. The number of rotatable bonds is 2. The standard InChI is InChI=1S/C29H18N2O/c1-3-13-26-22(9-1)23-15-16-30-18-27(23)31(26)20-8-5-7-19(17-20)21-11-6-12-25-24-10-2-4-14-28(24)32-29(21)25/h1-18H. The van der Waals surface area contributed by atoms with Crippen molar-refractivity contribution in [2.75, 3.05) is 0 Å². The van der Waals surface area contributed by atoms with E-state index in [4.69, 9.17) is 4.42 Å². The molecule has 0 saturated heterocycles. The van der Waals surface area contributed by atoms with Gasteiger partial charge in [0.2, 0.25) is 0 Å². The van der Waals surface area contributed by atoms with Crippen molar-refractivity contribution in [2.24, 2.45) is 0 Å². The third-order valence-corrected chi connectivity index (χ3v) is 6.30. The van der Waals surface area contributed by atoms with Crippen LogP contribution in [0.5, 0.6) is 0 Å². The van der Waals surface area contributed by atoms with Crippen molar-refractivity contribution >= 4 is 43.7 Å². The lowest BCUT2D eigenvalue weighted by Crippen LogP contribution is -1.94. The highest BCUT2D eigenvalue weighted by Crippen LogP contribution is 2.37. The molecule has 32 heavy (non-hydrogen) atoms.